The third-order valence-electron chi connectivity index (χ3n) is 2.58. The van der Waals surface area contributed by atoms with Gasteiger partial charge in [0.15, 0.2) is 0 Å². The molecule has 2 nitrogen and oxygen atoms in total. The number of halogens is 2. The average Bonchev–Trinajstić information content (AvgIpc) is 2.43. The Kier molecular flexibility index (Phi) is 3.00. The second-order valence-electron chi connectivity index (χ2n) is 3.77. The SMILES string of the molecule is Cc1cc(Br)c(C)n1-c1ccc(N)cc1Cl. The average molecular weight is 300 g/mol. The summed E-state index contributed by atoms with van der Waals surface area (Å²) in [5, 5.41) is 0.661. The summed E-state index contributed by atoms with van der Waals surface area (Å²) >= 11 is 9.72. The molecule has 2 N–H and O–H groups in total. The summed E-state index contributed by atoms with van der Waals surface area (Å²) in [6, 6.07) is 7.63. The van der Waals surface area contributed by atoms with E-state index in [1.54, 1.807) is 6.07 Å². The van der Waals surface area contributed by atoms with Crippen molar-refractivity contribution in [3.8, 4) is 5.69 Å². The minimum absolute atomic E-state index is 0.661. The Hall–Kier alpha value is -0.930. The topological polar surface area (TPSA) is 30.9 Å². The molecule has 16 heavy (non-hydrogen) atoms. The maximum absolute atomic E-state index is 6.20. The van der Waals surface area contributed by atoms with Gasteiger partial charge >= 0.3 is 0 Å². The van der Waals surface area contributed by atoms with Crippen molar-refractivity contribution in [2.45, 2.75) is 13.8 Å². The largest absolute Gasteiger partial charge is 0.399 e. The van der Waals surface area contributed by atoms with Gasteiger partial charge in [0.05, 0.1) is 10.7 Å². The molecule has 0 amide bonds. The van der Waals surface area contributed by atoms with Crippen molar-refractivity contribution in [2.24, 2.45) is 0 Å². The first-order valence-electron chi connectivity index (χ1n) is 4.90. The molecule has 0 fully saturated rings. The Balaban J connectivity index is 2.67. The van der Waals surface area contributed by atoms with Crippen molar-refractivity contribution in [1.82, 2.24) is 4.57 Å². The van der Waals surface area contributed by atoms with E-state index < -0.39 is 0 Å². The predicted molar refractivity (Wildman–Crippen MR) is 72.4 cm³/mol. The van der Waals surface area contributed by atoms with Gasteiger partial charge in [0.25, 0.3) is 0 Å². The fourth-order valence-corrected chi connectivity index (χ4v) is 2.58. The first kappa shape index (κ1) is 11.6. The van der Waals surface area contributed by atoms with Crippen molar-refractivity contribution >= 4 is 33.2 Å². The molecule has 0 aliphatic heterocycles. The Morgan fingerprint density at radius 3 is 2.44 bits per heavy atom. The van der Waals surface area contributed by atoms with Gasteiger partial charge in [-0.1, -0.05) is 11.6 Å². The fraction of sp³-hybridized carbons (Fsp3) is 0.167. The van der Waals surface area contributed by atoms with Gasteiger partial charge in [-0.25, -0.2) is 0 Å². The molecule has 0 atom stereocenters. The van der Waals surface area contributed by atoms with Crippen LogP contribution in [0.1, 0.15) is 11.4 Å². The quantitative estimate of drug-likeness (QED) is 0.790. The minimum atomic E-state index is 0.661. The van der Waals surface area contributed by atoms with Crippen LogP contribution in [0.15, 0.2) is 28.7 Å². The smallest absolute Gasteiger partial charge is 0.0666 e. The molecular formula is C12H12BrClN2. The van der Waals surface area contributed by atoms with Crippen LogP contribution >= 0.6 is 27.5 Å². The molecule has 0 saturated heterocycles. The van der Waals surface area contributed by atoms with E-state index in [-0.39, 0.29) is 0 Å². The van der Waals surface area contributed by atoms with E-state index >= 15 is 0 Å². The lowest BCUT2D eigenvalue weighted by atomic mass is 10.2. The Morgan fingerprint density at radius 2 is 1.94 bits per heavy atom. The van der Waals surface area contributed by atoms with Crippen molar-refractivity contribution in [3.05, 3.63) is 45.1 Å². The number of nitrogens with zero attached hydrogens (tertiary/aromatic N) is 1. The number of aryl methyl sites for hydroxylation is 1. The third-order valence-corrected chi connectivity index (χ3v) is 3.69. The van der Waals surface area contributed by atoms with Gasteiger partial charge in [-0.2, -0.15) is 0 Å². The number of nitrogens with two attached hydrogens (primary N) is 1. The van der Waals surface area contributed by atoms with Gasteiger partial charge in [0, 0.05) is 21.5 Å². The minimum Gasteiger partial charge on any atom is -0.399 e. The summed E-state index contributed by atoms with van der Waals surface area (Å²) < 4.78 is 3.18. The lowest BCUT2D eigenvalue weighted by Crippen LogP contribution is -2.00. The van der Waals surface area contributed by atoms with Gasteiger partial charge in [-0.3, -0.25) is 0 Å². The summed E-state index contributed by atoms with van der Waals surface area (Å²) in [6.07, 6.45) is 0. The normalized spacial score (nSPS) is 10.8. The number of aromatic nitrogens is 1. The molecule has 0 radical (unpaired) electrons. The first-order chi connectivity index (χ1) is 7.50. The molecule has 2 rings (SSSR count). The van der Waals surface area contributed by atoms with Crippen LogP contribution in [0.4, 0.5) is 5.69 Å². The predicted octanol–water partition coefficient (Wildman–Crippen LogP) is 4.09. The molecule has 2 aromatic rings. The second-order valence-corrected chi connectivity index (χ2v) is 5.03. The number of benzene rings is 1. The monoisotopic (exact) mass is 298 g/mol. The maximum atomic E-state index is 6.20. The highest BCUT2D eigenvalue weighted by Crippen LogP contribution is 2.29. The van der Waals surface area contributed by atoms with Gasteiger partial charge < -0.3 is 10.3 Å². The number of nitrogen functional groups attached to an aromatic ring is 1. The van der Waals surface area contributed by atoms with E-state index in [0.29, 0.717) is 10.7 Å². The molecule has 0 aliphatic rings. The molecule has 0 saturated carbocycles. The van der Waals surface area contributed by atoms with Crippen LogP contribution in [0.3, 0.4) is 0 Å². The molecule has 1 heterocycles. The Morgan fingerprint density at radius 1 is 1.25 bits per heavy atom. The first-order valence-corrected chi connectivity index (χ1v) is 6.07. The maximum Gasteiger partial charge on any atom is 0.0666 e. The van der Waals surface area contributed by atoms with Crippen molar-refractivity contribution in [2.75, 3.05) is 5.73 Å². The van der Waals surface area contributed by atoms with Crippen LogP contribution in [-0.4, -0.2) is 4.57 Å². The highest BCUT2D eigenvalue weighted by Gasteiger charge is 2.11. The van der Waals surface area contributed by atoms with Crippen molar-refractivity contribution in [3.63, 3.8) is 0 Å². The molecule has 4 heteroatoms. The summed E-state index contributed by atoms with van der Waals surface area (Å²) in [5.74, 6) is 0. The standard InChI is InChI=1S/C12H12BrClN2/c1-7-5-10(13)8(2)16(7)12-4-3-9(15)6-11(12)14/h3-6H,15H2,1-2H3. The number of hydrogen-bond donors (Lipinski definition) is 1. The molecule has 1 aromatic heterocycles. The van der Waals surface area contributed by atoms with E-state index in [2.05, 4.69) is 26.6 Å². The molecule has 1 aromatic carbocycles. The van der Waals surface area contributed by atoms with Crippen molar-refractivity contribution < 1.29 is 0 Å². The van der Waals surface area contributed by atoms with Crippen LogP contribution in [0.5, 0.6) is 0 Å². The van der Waals surface area contributed by atoms with Crippen LogP contribution in [0.25, 0.3) is 5.69 Å². The van der Waals surface area contributed by atoms with Gasteiger partial charge in [-0.05, 0) is 54.0 Å². The van der Waals surface area contributed by atoms with Crippen molar-refractivity contribution in [1.29, 1.82) is 0 Å². The molecule has 84 valence electrons. The zero-order chi connectivity index (χ0) is 11.9. The van der Waals surface area contributed by atoms with E-state index in [0.717, 1.165) is 21.5 Å². The van der Waals surface area contributed by atoms with E-state index in [1.165, 1.54) is 0 Å². The summed E-state index contributed by atoms with van der Waals surface area (Å²) in [6.45, 7) is 4.09. The lowest BCUT2D eigenvalue weighted by molar-refractivity contribution is 0.963. The van der Waals surface area contributed by atoms with Gasteiger partial charge in [-0.15, -0.1) is 0 Å². The zero-order valence-corrected chi connectivity index (χ0v) is 11.4. The molecule has 0 aliphatic carbocycles. The zero-order valence-electron chi connectivity index (χ0n) is 9.09. The van der Waals surface area contributed by atoms with Crippen LogP contribution in [0, 0.1) is 13.8 Å². The third kappa shape index (κ3) is 1.85. The lowest BCUT2D eigenvalue weighted by Gasteiger charge is -2.11. The highest BCUT2D eigenvalue weighted by atomic mass is 79.9. The summed E-state index contributed by atoms with van der Waals surface area (Å²) in [7, 11) is 0. The molecule has 0 unspecified atom stereocenters. The summed E-state index contributed by atoms with van der Waals surface area (Å²) in [4.78, 5) is 0. The van der Waals surface area contributed by atoms with E-state index in [9.17, 15) is 0 Å². The second kappa shape index (κ2) is 4.15. The number of rotatable bonds is 1. The van der Waals surface area contributed by atoms with Crippen LogP contribution < -0.4 is 5.73 Å². The Labute approximate surface area is 108 Å². The fourth-order valence-electron chi connectivity index (χ4n) is 1.80. The van der Waals surface area contributed by atoms with Crippen LogP contribution in [-0.2, 0) is 0 Å². The molecular weight excluding hydrogens is 288 g/mol. The van der Waals surface area contributed by atoms with E-state index in [4.69, 9.17) is 17.3 Å². The number of hydrogen-bond acceptors (Lipinski definition) is 1. The van der Waals surface area contributed by atoms with Crippen LogP contribution in [0.2, 0.25) is 5.02 Å². The summed E-state index contributed by atoms with van der Waals surface area (Å²) in [5.41, 5.74) is 9.58. The highest BCUT2D eigenvalue weighted by molar-refractivity contribution is 9.10. The molecule has 0 bridgehead atoms. The van der Waals surface area contributed by atoms with E-state index in [1.807, 2.05) is 26.0 Å². The Bertz CT molecular complexity index is 546. The van der Waals surface area contributed by atoms with Gasteiger partial charge in [0.2, 0.25) is 0 Å². The molecule has 0 spiro atoms. The number of anilines is 1. The van der Waals surface area contributed by atoms with Gasteiger partial charge in [0.1, 0.15) is 0 Å².